The summed E-state index contributed by atoms with van der Waals surface area (Å²) in [6.45, 7) is 7.98. The van der Waals surface area contributed by atoms with Crippen LogP contribution in [-0.4, -0.2) is 57.9 Å². The van der Waals surface area contributed by atoms with E-state index in [9.17, 15) is 4.79 Å². The van der Waals surface area contributed by atoms with E-state index in [4.69, 9.17) is 4.74 Å². The van der Waals surface area contributed by atoms with Crippen LogP contribution in [-0.2, 0) is 7.05 Å². The van der Waals surface area contributed by atoms with Crippen LogP contribution >= 0.6 is 0 Å². The van der Waals surface area contributed by atoms with E-state index in [0.29, 0.717) is 28.9 Å². The summed E-state index contributed by atoms with van der Waals surface area (Å²) in [5.74, 6) is -0.245. The molecule has 2 N–H and O–H groups in total. The van der Waals surface area contributed by atoms with Crippen LogP contribution in [0.5, 0.6) is 6.01 Å². The fraction of sp³-hybridized carbons (Fsp3) is 0.429. The minimum Gasteiger partial charge on any atom is -0.467 e. The maximum atomic E-state index is 13.1. The minimum atomic E-state index is -0.245. The van der Waals surface area contributed by atoms with Gasteiger partial charge in [-0.15, -0.1) is 0 Å². The molecule has 1 aliphatic rings. The molecule has 0 unspecified atom stereocenters. The van der Waals surface area contributed by atoms with Crippen LogP contribution in [0.3, 0.4) is 0 Å². The zero-order valence-corrected chi connectivity index (χ0v) is 17.9. The number of carbonyl (C=O) groups is 1. The van der Waals surface area contributed by atoms with E-state index in [1.807, 2.05) is 26.1 Å². The van der Waals surface area contributed by atoms with Crippen LogP contribution in [0.2, 0.25) is 0 Å². The van der Waals surface area contributed by atoms with Crippen LogP contribution in [0.4, 0.5) is 11.4 Å². The highest BCUT2D eigenvalue weighted by Gasteiger charge is 2.25. The molecule has 0 radical (unpaired) electrons. The highest BCUT2D eigenvalue weighted by Crippen LogP contribution is 2.31. The number of fused-ring (bicyclic) bond motifs is 1. The topological polar surface area (TPSA) is 97.2 Å². The van der Waals surface area contributed by atoms with Gasteiger partial charge >= 0.3 is 6.01 Å². The maximum Gasteiger partial charge on any atom is 0.316 e. The van der Waals surface area contributed by atoms with Gasteiger partial charge in [0.2, 0.25) is 0 Å². The number of carbonyl (C=O) groups excluding carboxylic acids is 1. The molecule has 1 fully saturated rings. The van der Waals surface area contributed by atoms with E-state index >= 15 is 0 Å². The summed E-state index contributed by atoms with van der Waals surface area (Å²) in [6, 6.07) is 4.75. The first-order chi connectivity index (χ1) is 14.4. The van der Waals surface area contributed by atoms with Gasteiger partial charge in [-0.1, -0.05) is 0 Å². The predicted octanol–water partition coefficient (Wildman–Crippen LogP) is 2.12. The molecule has 9 nitrogen and oxygen atoms in total. The lowest BCUT2D eigenvalue weighted by atomic mass is 10.0. The van der Waals surface area contributed by atoms with Gasteiger partial charge in [0.15, 0.2) is 0 Å². The molecule has 2 aromatic heterocycles. The number of nitrogens with one attached hydrogen (secondary N) is 2. The molecule has 1 amide bonds. The van der Waals surface area contributed by atoms with Gasteiger partial charge in [0.25, 0.3) is 5.91 Å². The zero-order valence-electron chi connectivity index (χ0n) is 17.9. The van der Waals surface area contributed by atoms with Crippen molar-refractivity contribution >= 4 is 28.2 Å². The third kappa shape index (κ3) is 3.68. The number of nitrogens with zero attached hydrogens (tertiary/aromatic N) is 5. The first kappa shape index (κ1) is 20.1. The monoisotopic (exact) mass is 409 g/mol. The largest absolute Gasteiger partial charge is 0.467 e. The van der Waals surface area contributed by atoms with Crippen molar-refractivity contribution in [1.29, 1.82) is 0 Å². The Labute approximate surface area is 175 Å². The number of hydrogen-bond acceptors (Lipinski definition) is 7. The Balaban J connectivity index is 1.77. The van der Waals surface area contributed by atoms with Crippen molar-refractivity contribution in [3.63, 3.8) is 0 Å². The standard InChI is InChI=1S/C21H27N7O2/c1-12-10-28(11-13(2)24-12)18-7-6-15(19-16(18)8-22-21(26-19)30-5)20(29)25-17-9-23-27(4)14(17)3/h6-9,12-13,24H,10-11H2,1-5H3,(H,25,29)/t12-,13-/m1/s1. The number of aryl methyl sites for hydroxylation is 1. The summed E-state index contributed by atoms with van der Waals surface area (Å²) < 4.78 is 6.94. The number of methoxy groups -OCH3 is 1. The van der Waals surface area contributed by atoms with Gasteiger partial charge in [0.1, 0.15) is 0 Å². The van der Waals surface area contributed by atoms with E-state index in [1.54, 1.807) is 17.1 Å². The van der Waals surface area contributed by atoms with Gasteiger partial charge in [-0.2, -0.15) is 10.1 Å². The second-order valence-corrected chi connectivity index (χ2v) is 7.85. The summed E-state index contributed by atoms with van der Waals surface area (Å²) in [4.78, 5) is 24.2. The number of piperazine rings is 1. The third-order valence-corrected chi connectivity index (χ3v) is 5.51. The first-order valence-electron chi connectivity index (χ1n) is 10.0. The van der Waals surface area contributed by atoms with Gasteiger partial charge in [0, 0.05) is 49.5 Å². The third-order valence-electron chi connectivity index (χ3n) is 5.51. The van der Waals surface area contributed by atoms with Crippen LogP contribution in [0, 0.1) is 6.92 Å². The maximum absolute atomic E-state index is 13.1. The molecule has 0 saturated carbocycles. The van der Waals surface area contributed by atoms with Crippen molar-refractivity contribution in [2.75, 3.05) is 30.4 Å². The molecule has 0 bridgehead atoms. The fourth-order valence-corrected chi connectivity index (χ4v) is 3.98. The Morgan fingerprint density at radius 3 is 2.60 bits per heavy atom. The molecule has 30 heavy (non-hydrogen) atoms. The first-order valence-corrected chi connectivity index (χ1v) is 10.0. The summed E-state index contributed by atoms with van der Waals surface area (Å²) in [5.41, 5.74) is 3.60. The zero-order chi connectivity index (χ0) is 21.4. The molecular weight excluding hydrogens is 382 g/mol. The van der Waals surface area contributed by atoms with Gasteiger partial charge in [-0.25, -0.2) is 4.98 Å². The molecule has 4 rings (SSSR count). The lowest BCUT2D eigenvalue weighted by Crippen LogP contribution is -2.54. The molecule has 1 aromatic carbocycles. The predicted molar refractivity (Wildman–Crippen MR) is 116 cm³/mol. The molecule has 3 aromatic rings. The van der Waals surface area contributed by atoms with Crippen LogP contribution < -0.4 is 20.3 Å². The quantitative estimate of drug-likeness (QED) is 0.681. The second kappa shape index (κ2) is 7.91. The smallest absolute Gasteiger partial charge is 0.316 e. The van der Waals surface area contributed by atoms with Crippen molar-refractivity contribution in [2.45, 2.75) is 32.9 Å². The summed E-state index contributed by atoms with van der Waals surface area (Å²) in [6.07, 6.45) is 3.38. The Morgan fingerprint density at radius 1 is 1.23 bits per heavy atom. The summed E-state index contributed by atoms with van der Waals surface area (Å²) in [7, 11) is 3.35. The molecule has 1 saturated heterocycles. The Kier molecular flexibility index (Phi) is 5.29. The van der Waals surface area contributed by atoms with E-state index in [2.05, 4.69) is 44.4 Å². The number of anilines is 2. The average molecular weight is 409 g/mol. The normalized spacial score (nSPS) is 19.2. The lowest BCUT2D eigenvalue weighted by molar-refractivity contribution is 0.102. The van der Waals surface area contributed by atoms with Crippen LogP contribution in [0.15, 0.2) is 24.5 Å². The molecule has 9 heteroatoms. The van der Waals surface area contributed by atoms with E-state index in [-0.39, 0.29) is 11.9 Å². The van der Waals surface area contributed by atoms with Crippen LogP contribution in [0.1, 0.15) is 29.9 Å². The van der Waals surface area contributed by atoms with E-state index in [1.165, 1.54) is 7.11 Å². The number of amides is 1. The van der Waals surface area contributed by atoms with Crippen molar-refractivity contribution in [3.8, 4) is 6.01 Å². The Hall–Kier alpha value is -3.20. The average Bonchev–Trinajstić information content (AvgIpc) is 3.03. The number of hydrogen-bond donors (Lipinski definition) is 2. The molecule has 2 atom stereocenters. The van der Waals surface area contributed by atoms with Gasteiger partial charge in [-0.3, -0.25) is 9.48 Å². The fourth-order valence-electron chi connectivity index (χ4n) is 3.98. The SMILES string of the molecule is COc1ncc2c(N3C[C@@H](C)N[C@H](C)C3)ccc(C(=O)Nc3cnn(C)c3C)c2n1. The van der Waals surface area contributed by atoms with Gasteiger partial charge in [-0.05, 0) is 32.9 Å². The summed E-state index contributed by atoms with van der Waals surface area (Å²) in [5, 5.41) is 11.5. The molecule has 1 aliphatic heterocycles. The highest BCUT2D eigenvalue weighted by atomic mass is 16.5. The van der Waals surface area contributed by atoms with Crippen molar-refractivity contribution in [2.24, 2.45) is 7.05 Å². The lowest BCUT2D eigenvalue weighted by Gasteiger charge is -2.38. The second-order valence-electron chi connectivity index (χ2n) is 7.85. The highest BCUT2D eigenvalue weighted by molar-refractivity contribution is 6.14. The Morgan fingerprint density at radius 2 is 1.97 bits per heavy atom. The van der Waals surface area contributed by atoms with Crippen LogP contribution in [0.25, 0.3) is 10.9 Å². The molecule has 3 heterocycles. The molecule has 0 spiro atoms. The van der Waals surface area contributed by atoms with E-state index < -0.39 is 0 Å². The van der Waals surface area contributed by atoms with E-state index in [0.717, 1.165) is 29.9 Å². The number of rotatable bonds is 4. The van der Waals surface area contributed by atoms with Crippen molar-refractivity contribution in [1.82, 2.24) is 25.1 Å². The minimum absolute atomic E-state index is 0.230. The van der Waals surface area contributed by atoms with Gasteiger partial charge in [0.05, 0.1) is 35.8 Å². The molecule has 158 valence electrons. The number of ether oxygens (including phenoxy) is 1. The van der Waals surface area contributed by atoms with Crippen molar-refractivity contribution in [3.05, 3.63) is 35.8 Å². The number of aromatic nitrogens is 4. The van der Waals surface area contributed by atoms with Gasteiger partial charge < -0.3 is 20.3 Å². The summed E-state index contributed by atoms with van der Waals surface area (Å²) >= 11 is 0. The van der Waals surface area contributed by atoms with Crippen molar-refractivity contribution < 1.29 is 9.53 Å². The molecule has 0 aliphatic carbocycles. The molecular formula is C21H27N7O2. The Bertz CT molecular complexity index is 1080. The number of benzene rings is 1.